The number of rotatable bonds is 3. The Morgan fingerprint density at radius 1 is 1.29 bits per heavy atom. The van der Waals surface area contributed by atoms with Gasteiger partial charge in [0.2, 0.25) is 11.8 Å². The van der Waals surface area contributed by atoms with Crippen LogP contribution in [0.15, 0.2) is 24.3 Å². The van der Waals surface area contributed by atoms with E-state index in [1.54, 1.807) is 0 Å². The van der Waals surface area contributed by atoms with E-state index < -0.39 is 30.0 Å². The minimum Gasteiger partial charge on any atom is -0.344 e. The summed E-state index contributed by atoms with van der Waals surface area (Å²) in [5, 5.41) is 4.15. The molecule has 0 spiro atoms. The van der Waals surface area contributed by atoms with Gasteiger partial charge in [-0.05, 0) is 24.1 Å². The molecule has 0 radical (unpaired) electrons. The van der Waals surface area contributed by atoms with E-state index in [1.165, 1.54) is 0 Å². The van der Waals surface area contributed by atoms with Crippen LogP contribution < -0.4 is 10.6 Å². The van der Waals surface area contributed by atoms with Crippen molar-refractivity contribution in [2.75, 3.05) is 0 Å². The van der Waals surface area contributed by atoms with Gasteiger partial charge in [0.15, 0.2) is 6.04 Å². The zero-order valence-electron chi connectivity index (χ0n) is 10.7. The first kappa shape index (κ1) is 15.3. The van der Waals surface area contributed by atoms with Crippen LogP contribution in [0.4, 0.5) is 17.6 Å². The quantitative estimate of drug-likeness (QED) is 0.837. The summed E-state index contributed by atoms with van der Waals surface area (Å²) >= 11 is 0. The molecule has 1 saturated heterocycles. The maximum absolute atomic E-state index is 13.0. The highest BCUT2D eigenvalue weighted by Gasteiger charge is 2.43. The van der Waals surface area contributed by atoms with Crippen LogP contribution in [-0.2, 0) is 9.59 Å². The van der Waals surface area contributed by atoms with E-state index in [-0.39, 0.29) is 24.3 Å². The Kier molecular flexibility index (Phi) is 4.15. The van der Waals surface area contributed by atoms with Crippen molar-refractivity contribution in [3.8, 4) is 0 Å². The van der Waals surface area contributed by atoms with E-state index >= 15 is 0 Å². The third-order valence-corrected chi connectivity index (χ3v) is 3.13. The van der Waals surface area contributed by atoms with Gasteiger partial charge in [-0.2, -0.15) is 13.2 Å². The normalized spacial score (nSPS) is 20.0. The van der Waals surface area contributed by atoms with Gasteiger partial charge in [-0.25, -0.2) is 4.39 Å². The maximum Gasteiger partial charge on any atom is 0.412 e. The number of alkyl halides is 3. The van der Waals surface area contributed by atoms with Crippen LogP contribution in [0.25, 0.3) is 0 Å². The Morgan fingerprint density at radius 3 is 2.38 bits per heavy atom. The summed E-state index contributed by atoms with van der Waals surface area (Å²) in [4.78, 5) is 22.8. The van der Waals surface area contributed by atoms with E-state index in [1.807, 2.05) is 5.32 Å². The molecule has 21 heavy (non-hydrogen) atoms. The molecule has 0 aromatic heterocycles. The molecule has 4 nitrogen and oxygen atoms in total. The van der Waals surface area contributed by atoms with Crippen LogP contribution in [-0.4, -0.2) is 24.0 Å². The van der Waals surface area contributed by atoms with Crippen molar-refractivity contribution in [2.24, 2.45) is 0 Å². The Labute approximate surface area is 117 Å². The highest BCUT2D eigenvalue weighted by atomic mass is 19.4. The van der Waals surface area contributed by atoms with E-state index in [4.69, 9.17) is 0 Å². The Hall–Kier alpha value is -2.12. The third-order valence-electron chi connectivity index (χ3n) is 3.13. The van der Waals surface area contributed by atoms with E-state index in [9.17, 15) is 27.2 Å². The summed E-state index contributed by atoms with van der Waals surface area (Å²) in [5.74, 6) is -1.96. The smallest absolute Gasteiger partial charge is 0.344 e. The molecular formula is C13H12F4N2O2. The van der Waals surface area contributed by atoms with Crippen molar-refractivity contribution in [3.63, 3.8) is 0 Å². The minimum atomic E-state index is -4.73. The summed E-state index contributed by atoms with van der Waals surface area (Å²) in [5.41, 5.74) is -0.276. The molecule has 1 aliphatic heterocycles. The van der Waals surface area contributed by atoms with Crippen molar-refractivity contribution < 1.29 is 27.2 Å². The fraction of sp³-hybridized carbons (Fsp3) is 0.385. The van der Waals surface area contributed by atoms with Crippen LogP contribution in [0.5, 0.6) is 0 Å². The number of halogens is 4. The number of amides is 2. The highest BCUT2D eigenvalue weighted by molar-refractivity contribution is 5.91. The van der Waals surface area contributed by atoms with E-state index in [0.717, 1.165) is 24.3 Å². The number of hydrogen-bond donors (Lipinski definition) is 2. The zero-order valence-corrected chi connectivity index (χ0v) is 10.7. The molecule has 0 bridgehead atoms. The fourth-order valence-electron chi connectivity index (χ4n) is 2.06. The van der Waals surface area contributed by atoms with Gasteiger partial charge in [0.1, 0.15) is 11.9 Å². The summed E-state index contributed by atoms with van der Waals surface area (Å²) in [6.45, 7) is 0. The molecule has 0 saturated carbocycles. The topological polar surface area (TPSA) is 58.2 Å². The van der Waals surface area contributed by atoms with Gasteiger partial charge in [-0.1, -0.05) is 12.1 Å². The van der Waals surface area contributed by atoms with Crippen LogP contribution in [0.3, 0.4) is 0 Å². The predicted octanol–water partition coefficient (Wildman–Crippen LogP) is 1.82. The Morgan fingerprint density at radius 2 is 1.90 bits per heavy atom. The van der Waals surface area contributed by atoms with Crippen molar-refractivity contribution in [2.45, 2.75) is 31.1 Å². The molecule has 0 unspecified atom stereocenters. The second kappa shape index (κ2) is 5.71. The molecule has 2 amide bonds. The van der Waals surface area contributed by atoms with E-state index in [0.29, 0.717) is 0 Å². The molecule has 8 heteroatoms. The van der Waals surface area contributed by atoms with Crippen LogP contribution in [0.1, 0.15) is 24.4 Å². The molecule has 1 aliphatic rings. The van der Waals surface area contributed by atoms with Gasteiger partial charge in [0.05, 0.1) is 0 Å². The second-order valence-corrected chi connectivity index (χ2v) is 4.69. The lowest BCUT2D eigenvalue weighted by molar-refractivity contribution is -0.164. The number of carbonyl (C=O) groups is 2. The molecule has 1 aromatic rings. The molecule has 0 aliphatic carbocycles. The van der Waals surface area contributed by atoms with Gasteiger partial charge >= 0.3 is 6.18 Å². The molecule has 114 valence electrons. The first-order valence-electron chi connectivity index (χ1n) is 6.19. The average molecular weight is 304 g/mol. The average Bonchev–Trinajstić information content (AvgIpc) is 2.82. The lowest BCUT2D eigenvalue weighted by Crippen LogP contribution is -2.46. The first-order valence-corrected chi connectivity index (χ1v) is 6.19. The zero-order chi connectivity index (χ0) is 15.6. The van der Waals surface area contributed by atoms with E-state index in [2.05, 4.69) is 5.32 Å². The largest absolute Gasteiger partial charge is 0.412 e. The molecule has 2 N–H and O–H groups in total. The van der Waals surface area contributed by atoms with Gasteiger partial charge in [-0.15, -0.1) is 0 Å². The van der Waals surface area contributed by atoms with Crippen molar-refractivity contribution in [3.05, 3.63) is 35.6 Å². The standard InChI is InChI=1S/C13H12F4N2O2/c14-8-3-1-7(2-4-8)11(13(15,16)17)19-12(21)9-5-6-10(20)18-9/h1-4,9,11H,5-6H2,(H,18,20)(H,19,21)/t9-,11+/m1/s1. The van der Waals surface area contributed by atoms with Gasteiger partial charge in [0, 0.05) is 6.42 Å². The van der Waals surface area contributed by atoms with Gasteiger partial charge < -0.3 is 10.6 Å². The second-order valence-electron chi connectivity index (χ2n) is 4.69. The fourth-order valence-corrected chi connectivity index (χ4v) is 2.06. The molecule has 2 atom stereocenters. The SMILES string of the molecule is O=C1CC[C@H](C(=O)N[C@@H](c2ccc(F)cc2)C(F)(F)F)N1. The summed E-state index contributed by atoms with van der Waals surface area (Å²) < 4.78 is 51.9. The minimum absolute atomic E-state index is 0.102. The van der Waals surface area contributed by atoms with Crippen molar-refractivity contribution in [1.82, 2.24) is 10.6 Å². The first-order chi connectivity index (χ1) is 9.77. The summed E-state index contributed by atoms with van der Waals surface area (Å²) in [6.07, 6.45) is -4.47. The molecule has 1 heterocycles. The highest BCUT2D eigenvalue weighted by Crippen LogP contribution is 2.33. The predicted molar refractivity (Wildman–Crippen MR) is 64.5 cm³/mol. The monoisotopic (exact) mass is 304 g/mol. The summed E-state index contributed by atoms with van der Waals surface area (Å²) in [6, 6.07) is 0.475. The van der Waals surface area contributed by atoms with Crippen molar-refractivity contribution >= 4 is 11.8 Å². The molecule has 1 aromatic carbocycles. The Balaban J connectivity index is 2.15. The van der Waals surface area contributed by atoms with Crippen LogP contribution in [0.2, 0.25) is 0 Å². The molecule has 2 rings (SSSR count). The van der Waals surface area contributed by atoms with Crippen molar-refractivity contribution in [1.29, 1.82) is 0 Å². The Bertz CT molecular complexity index is 542. The third kappa shape index (κ3) is 3.71. The van der Waals surface area contributed by atoms with Gasteiger partial charge in [0.25, 0.3) is 0 Å². The van der Waals surface area contributed by atoms with Crippen LogP contribution >= 0.6 is 0 Å². The molecular weight excluding hydrogens is 292 g/mol. The number of carbonyl (C=O) groups excluding carboxylic acids is 2. The summed E-state index contributed by atoms with van der Waals surface area (Å²) in [7, 11) is 0. The maximum atomic E-state index is 13.0. The lowest BCUT2D eigenvalue weighted by Gasteiger charge is -2.23. The number of nitrogens with one attached hydrogen (secondary N) is 2. The number of hydrogen-bond acceptors (Lipinski definition) is 2. The lowest BCUT2D eigenvalue weighted by atomic mass is 10.1. The molecule has 1 fully saturated rings. The van der Waals surface area contributed by atoms with Crippen LogP contribution in [0, 0.1) is 5.82 Å². The number of benzene rings is 1. The van der Waals surface area contributed by atoms with Gasteiger partial charge in [-0.3, -0.25) is 9.59 Å².